The third-order valence-corrected chi connectivity index (χ3v) is 2.68. The van der Waals surface area contributed by atoms with Crippen molar-refractivity contribution >= 4 is 36.5 Å². The molecular weight excluding hydrogens is 208 g/mol. The molecule has 1 amide bonds. The molecular formula is C11H13BClNO. The number of hydrogen-bond donors (Lipinski definition) is 0. The van der Waals surface area contributed by atoms with Gasteiger partial charge in [-0.2, -0.15) is 0 Å². The third kappa shape index (κ3) is 2.54. The standard InChI is InChI=1S/C11H13BClNO/c1-7-4-9(5-8(2)11(7)12)14(3)10(15)6-13/h4-5H,6H2,1-3H3. The Kier molecular flexibility index (Phi) is 3.80. The van der Waals surface area contributed by atoms with Crippen LogP contribution in [0.3, 0.4) is 0 Å². The first-order valence-corrected chi connectivity index (χ1v) is 5.20. The van der Waals surface area contributed by atoms with Crippen LogP contribution in [0, 0.1) is 13.8 Å². The quantitative estimate of drug-likeness (QED) is 0.545. The second kappa shape index (κ2) is 4.71. The van der Waals surface area contributed by atoms with Crippen molar-refractivity contribution in [3.63, 3.8) is 0 Å². The fraction of sp³-hybridized carbons (Fsp3) is 0.364. The van der Waals surface area contributed by atoms with Crippen molar-refractivity contribution < 1.29 is 4.79 Å². The Morgan fingerprint density at radius 3 is 2.27 bits per heavy atom. The molecule has 0 unspecified atom stereocenters. The van der Waals surface area contributed by atoms with Gasteiger partial charge in [-0.05, 0) is 26.0 Å². The van der Waals surface area contributed by atoms with Crippen LogP contribution in [0.15, 0.2) is 12.1 Å². The molecule has 1 aromatic rings. The molecule has 0 N–H and O–H groups in total. The first-order chi connectivity index (χ1) is 6.97. The molecule has 15 heavy (non-hydrogen) atoms. The number of amides is 1. The minimum Gasteiger partial charge on any atom is -0.314 e. The van der Waals surface area contributed by atoms with Crippen LogP contribution in [0.4, 0.5) is 5.69 Å². The van der Waals surface area contributed by atoms with Gasteiger partial charge in [0.25, 0.3) is 0 Å². The first-order valence-electron chi connectivity index (χ1n) is 4.66. The van der Waals surface area contributed by atoms with Gasteiger partial charge in [0, 0.05) is 12.7 Å². The molecule has 0 atom stereocenters. The lowest BCUT2D eigenvalue weighted by atomic mass is 9.86. The van der Waals surface area contributed by atoms with Crippen molar-refractivity contribution in [1.29, 1.82) is 0 Å². The van der Waals surface area contributed by atoms with Crippen LogP contribution in [0.25, 0.3) is 0 Å². The predicted octanol–water partition coefficient (Wildman–Crippen LogP) is 1.30. The lowest BCUT2D eigenvalue weighted by molar-refractivity contribution is -0.116. The van der Waals surface area contributed by atoms with E-state index < -0.39 is 0 Å². The highest BCUT2D eigenvalue weighted by Gasteiger charge is 2.10. The summed E-state index contributed by atoms with van der Waals surface area (Å²) in [5.41, 5.74) is 3.54. The molecule has 1 rings (SSSR count). The summed E-state index contributed by atoms with van der Waals surface area (Å²) < 4.78 is 0. The maximum atomic E-state index is 11.4. The lowest BCUT2D eigenvalue weighted by Crippen LogP contribution is -2.28. The Balaban J connectivity index is 3.11. The zero-order valence-corrected chi connectivity index (χ0v) is 9.93. The van der Waals surface area contributed by atoms with Gasteiger partial charge in [-0.1, -0.05) is 16.6 Å². The van der Waals surface area contributed by atoms with E-state index >= 15 is 0 Å². The fourth-order valence-corrected chi connectivity index (χ4v) is 1.56. The predicted molar refractivity (Wildman–Crippen MR) is 65.4 cm³/mol. The molecule has 0 saturated carbocycles. The highest BCUT2D eigenvalue weighted by Crippen LogP contribution is 2.16. The van der Waals surface area contributed by atoms with Crippen LogP contribution in [0.5, 0.6) is 0 Å². The van der Waals surface area contributed by atoms with Gasteiger partial charge in [-0.25, -0.2) is 0 Å². The number of anilines is 1. The number of hydrogen-bond acceptors (Lipinski definition) is 1. The summed E-state index contributed by atoms with van der Waals surface area (Å²) in [5, 5.41) is 0. The van der Waals surface area contributed by atoms with Crippen LogP contribution in [-0.2, 0) is 4.79 Å². The minimum atomic E-state index is -0.125. The van der Waals surface area contributed by atoms with Crippen molar-refractivity contribution in [3.05, 3.63) is 23.3 Å². The number of carbonyl (C=O) groups is 1. The van der Waals surface area contributed by atoms with E-state index in [1.54, 1.807) is 7.05 Å². The molecule has 0 heterocycles. The molecule has 4 heteroatoms. The number of carbonyl (C=O) groups excluding carboxylic acids is 1. The Bertz CT molecular complexity index is 369. The average molecular weight is 221 g/mol. The third-order valence-electron chi connectivity index (χ3n) is 2.45. The lowest BCUT2D eigenvalue weighted by Gasteiger charge is -2.18. The van der Waals surface area contributed by atoms with Crippen molar-refractivity contribution in [2.45, 2.75) is 13.8 Å². The van der Waals surface area contributed by atoms with Gasteiger partial charge in [-0.3, -0.25) is 4.79 Å². The molecule has 2 radical (unpaired) electrons. The van der Waals surface area contributed by atoms with Crippen LogP contribution in [0.1, 0.15) is 11.1 Å². The number of rotatable bonds is 2. The molecule has 78 valence electrons. The normalized spacial score (nSPS) is 10.1. The maximum Gasteiger partial charge on any atom is 0.241 e. The summed E-state index contributed by atoms with van der Waals surface area (Å²) in [5.74, 6) is -0.140. The van der Waals surface area contributed by atoms with Gasteiger partial charge in [0.05, 0.1) is 0 Å². The average Bonchev–Trinajstić information content (AvgIpc) is 2.23. The number of nitrogens with zero attached hydrogens (tertiary/aromatic N) is 1. The zero-order valence-electron chi connectivity index (χ0n) is 9.17. The van der Waals surface area contributed by atoms with E-state index in [1.165, 1.54) is 4.90 Å². The maximum absolute atomic E-state index is 11.4. The smallest absolute Gasteiger partial charge is 0.241 e. The molecule has 0 spiro atoms. The molecule has 1 aromatic carbocycles. The van der Waals surface area contributed by atoms with Crippen LogP contribution < -0.4 is 10.4 Å². The summed E-state index contributed by atoms with van der Waals surface area (Å²) in [6.45, 7) is 3.84. The van der Waals surface area contributed by atoms with Gasteiger partial charge in [0.15, 0.2) is 0 Å². The van der Waals surface area contributed by atoms with E-state index in [-0.39, 0.29) is 11.8 Å². The molecule has 0 fully saturated rings. The summed E-state index contributed by atoms with van der Waals surface area (Å²) in [6, 6.07) is 3.76. The van der Waals surface area contributed by atoms with E-state index in [1.807, 2.05) is 26.0 Å². The minimum absolute atomic E-state index is 0.0149. The van der Waals surface area contributed by atoms with Gasteiger partial charge in [0.2, 0.25) is 5.91 Å². The van der Waals surface area contributed by atoms with E-state index in [0.717, 1.165) is 22.3 Å². The van der Waals surface area contributed by atoms with Gasteiger partial charge >= 0.3 is 0 Å². The van der Waals surface area contributed by atoms with Gasteiger partial charge in [-0.15, -0.1) is 11.6 Å². The molecule has 2 nitrogen and oxygen atoms in total. The summed E-state index contributed by atoms with van der Waals surface area (Å²) >= 11 is 5.49. The zero-order chi connectivity index (χ0) is 11.6. The Labute approximate surface area is 96.6 Å². The fourth-order valence-electron chi connectivity index (χ4n) is 1.38. The second-order valence-corrected chi connectivity index (χ2v) is 3.85. The van der Waals surface area contributed by atoms with Crippen molar-refractivity contribution in [3.8, 4) is 0 Å². The van der Waals surface area contributed by atoms with Gasteiger partial charge in [0.1, 0.15) is 13.7 Å². The number of benzene rings is 1. The first kappa shape index (κ1) is 12.1. The second-order valence-electron chi connectivity index (χ2n) is 3.58. The molecule has 0 aromatic heterocycles. The Morgan fingerprint density at radius 2 is 1.87 bits per heavy atom. The van der Waals surface area contributed by atoms with Crippen molar-refractivity contribution in [2.24, 2.45) is 0 Å². The number of halogens is 1. The Hall–Kier alpha value is -0.955. The highest BCUT2D eigenvalue weighted by atomic mass is 35.5. The van der Waals surface area contributed by atoms with Crippen molar-refractivity contribution in [1.82, 2.24) is 0 Å². The van der Waals surface area contributed by atoms with Crippen LogP contribution in [0.2, 0.25) is 0 Å². The van der Waals surface area contributed by atoms with Crippen molar-refractivity contribution in [2.75, 3.05) is 17.8 Å². The number of aryl methyl sites for hydroxylation is 2. The summed E-state index contributed by atoms with van der Waals surface area (Å²) in [7, 11) is 7.53. The van der Waals surface area contributed by atoms with E-state index in [2.05, 4.69) is 0 Å². The number of alkyl halides is 1. The van der Waals surface area contributed by atoms with Crippen LogP contribution in [-0.4, -0.2) is 26.7 Å². The Morgan fingerprint density at radius 1 is 1.40 bits per heavy atom. The largest absolute Gasteiger partial charge is 0.314 e. The van der Waals surface area contributed by atoms with Crippen LogP contribution >= 0.6 is 11.6 Å². The molecule has 0 saturated heterocycles. The molecule has 0 aliphatic carbocycles. The van der Waals surface area contributed by atoms with E-state index in [0.29, 0.717) is 0 Å². The topological polar surface area (TPSA) is 20.3 Å². The van der Waals surface area contributed by atoms with Gasteiger partial charge < -0.3 is 4.90 Å². The monoisotopic (exact) mass is 221 g/mol. The highest BCUT2D eigenvalue weighted by molar-refractivity contribution is 6.34. The SMILES string of the molecule is [B]c1c(C)cc(N(C)C(=O)CCl)cc1C. The summed E-state index contributed by atoms with van der Waals surface area (Å²) in [4.78, 5) is 12.9. The van der Waals surface area contributed by atoms with E-state index in [9.17, 15) is 4.79 Å². The summed E-state index contributed by atoms with van der Waals surface area (Å²) in [6.07, 6.45) is 0. The van der Waals surface area contributed by atoms with E-state index in [4.69, 9.17) is 19.4 Å². The molecule has 0 aliphatic rings. The molecule has 0 bridgehead atoms. The molecule has 0 aliphatic heterocycles.